The Morgan fingerprint density at radius 2 is 1.57 bits per heavy atom. The molecule has 0 bridgehead atoms. The molecule has 0 unspecified atom stereocenters. The van der Waals surface area contributed by atoms with Crippen molar-refractivity contribution in [3.05, 3.63) is 0 Å². The van der Waals surface area contributed by atoms with Crippen LogP contribution >= 0.6 is 0 Å². The van der Waals surface area contributed by atoms with E-state index in [1.165, 1.54) is 25.9 Å². The van der Waals surface area contributed by atoms with Crippen molar-refractivity contribution >= 4 is 0 Å². The summed E-state index contributed by atoms with van der Waals surface area (Å²) in [7, 11) is 0. The first-order valence-electron chi connectivity index (χ1n) is 9.08. The number of nitrogens with zero attached hydrogens (tertiary/aromatic N) is 2. The van der Waals surface area contributed by atoms with Crippen molar-refractivity contribution in [3.63, 3.8) is 0 Å². The average Bonchev–Trinajstić information content (AvgIpc) is 2.46. The second-order valence-electron chi connectivity index (χ2n) is 8.03. The third kappa shape index (κ3) is 4.94. The lowest BCUT2D eigenvalue weighted by Crippen LogP contribution is -2.48. The van der Waals surface area contributed by atoms with Crippen LogP contribution in [0, 0.1) is 11.8 Å². The molecule has 0 aromatic heterocycles. The van der Waals surface area contributed by atoms with Crippen LogP contribution < -0.4 is 0 Å². The third-order valence-corrected chi connectivity index (χ3v) is 5.93. The molecule has 0 radical (unpaired) electrons. The van der Waals surface area contributed by atoms with Crippen LogP contribution in [0.4, 0.5) is 0 Å². The van der Waals surface area contributed by atoms with Gasteiger partial charge in [0.15, 0.2) is 0 Å². The smallest absolute Gasteiger partial charge is 0.0684 e. The van der Waals surface area contributed by atoms with E-state index in [1.807, 2.05) is 0 Å². The number of rotatable bonds is 5. The van der Waals surface area contributed by atoms with Gasteiger partial charge >= 0.3 is 0 Å². The molecule has 2 aliphatic heterocycles. The molecule has 21 heavy (non-hydrogen) atoms. The minimum atomic E-state index is -0.402. The highest BCUT2D eigenvalue weighted by Gasteiger charge is 2.33. The Hall–Kier alpha value is -0.120. The fourth-order valence-corrected chi connectivity index (χ4v) is 3.92. The number of hydrogen-bond acceptors (Lipinski definition) is 3. The molecule has 3 heteroatoms. The van der Waals surface area contributed by atoms with E-state index in [0.717, 1.165) is 50.7 Å². The molecule has 0 aliphatic carbocycles. The minimum absolute atomic E-state index is 0.402. The summed E-state index contributed by atoms with van der Waals surface area (Å²) in [5.41, 5.74) is -0.402. The van der Waals surface area contributed by atoms with E-state index in [1.54, 1.807) is 0 Å². The number of hydrogen-bond donors (Lipinski definition) is 1. The van der Waals surface area contributed by atoms with Crippen LogP contribution in [-0.4, -0.2) is 59.3 Å². The van der Waals surface area contributed by atoms with Crippen LogP contribution in [0.3, 0.4) is 0 Å². The van der Waals surface area contributed by atoms with Crippen LogP contribution in [0.25, 0.3) is 0 Å². The van der Waals surface area contributed by atoms with E-state index < -0.39 is 5.60 Å². The SMILES string of the molecule is CC(C)C1CCN(CCC2(O)CCN(C(C)C)CC2)CC1. The van der Waals surface area contributed by atoms with Crippen LogP contribution in [0.2, 0.25) is 0 Å². The highest BCUT2D eigenvalue weighted by molar-refractivity contribution is 4.88. The van der Waals surface area contributed by atoms with Gasteiger partial charge in [-0.2, -0.15) is 0 Å². The van der Waals surface area contributed by atoms with E-state index in [9.17, 15) is 5.11 Å². The maximum absolute atomic E-state index is 10.8. The van der Waals surface area contributed by atoms with Gasteiger partial charge < -0.3 is 14.9 Å². The Morgan fingerprint density at radius 3 is 2.05 bits per heavy atom. The zero-order valence-electron chi connectivity index (χ0n) is 14.6. The first kappa shape index (κ1) is 17.2. The molecular weight excluding hydrogens is 260 g/mol. The van der Waals surface area contributed by atoms with Crippen LogP contribution in [0.15, 0.2) is 0 Å². The molecule has 3 nitrogen and oxygen atoms in total. The van der Waals surface area contributed by atoms with Gasteiger partial charge in [0.1, 0.15) is 0 Å². The Morgan fingerprint density at radius 1 is 1.00 bits per heavy atom. The van der Waals surface area contributed by atoms with Gasteiger partial charge in [0, 0.05) is 25.7 Å². The fourth-order valence-electron chi connectivity index (χ4n) is 3.92. The predicted molar refractivity (Wildman–Crippen MR) is 89.5 cm³/mol. The molecule has 2 saturated heterocycles. The number of likely N-dealkylation sites (tertiary alicyclic amines) is 2. The fraction of sp³-hybridized carbons (Fsp3) is 1.00. The Kier molecular flexibility index (Phi) is 6.10. The van der Waals surface area contributed by atoms with Gasteiger partial charge in [0.05, 0.1) is 5.60 Å². The van der Waals surface area contributed by atoms with Gasteiger partial charge in [-0.1, -0.05) is 13.8 Å². The summed E-state index contributed by atoms with van der Waals surface area (Å²) in [4.78, 5) is 5.06. The normalized spacial score (nSPS) is 25.9. The summed E-state index contributed by atoms with van der Waals surface area (Å²) >= 11 is 0. The third-order valence-electron chi connectivity index (χ3n) is 5.93. The quantitative estimate of drug-likeness (QED) is 0.845. The van der Waals surface area contributed by atoms with E-state index in [4.69, 9.17) is 0 Å². The Labute approximate surface area is 131 Å². The standard InChI is InChI=1S/C18H36N2O/c1-15(2)17-5-10-19(11-6-17)12-7-18(21)8-13-20(14-9-18)16(3)4/h15-17,21H,5-14H2,1-4H3. The van der Waals surface area contributed by atoms with Gasteiger partial charge in [0.25, 0.3) is 0 Å². The minimum Gasteiger partial charge on any atom is -0.390 e. The van der Waals surface area contributed by atoms with Crippen molar-refractivity contribution in [1.29, 1.82) is 0 Å². The van der Waals surface area contributed by atoms with E-state index in [0.29, 0.717) is 6.04 Å². The van der Waals surface area contributed by atoms with Gasteiger partial charge in [0.2, 0.25) is 0 Å². The van der Waals surface area contributed by atoms with Crippen molar-refractivity contribution in [2.45, 2.75) is 71.4 Å². The highest BCUT2D eigenvalue weighted by Crippen LogP contribution is 2.29. The zero-order valence-corrected chi connectivity index (χ0v) is 14.6. The van der Waals surface area contributed by atoms with Crippen molar-refractivity contribution in [3.8, 4) is 0 Å². The average molecular weight is 296 g/mol. The molecule has 124 valence electrons. The predicted octanol–water partition coefficient (Wildman–Crippen LogP) is 2.98. The van der Waals surface area contributed by atoms with Gasteiger partial charge in [-0.25, -0.2) is 0 Å². The first-order chi connectivity index (χ1) is 9.89. The zero-order chi connectivity index (χ0) is 15.5. The van der Waals surface area contributed by atoms with Crippen molar-refractivity contribution in [2.75, 3.05) is 32.7 Å². The maximum atomic E-state index is 10.8. The van der Waals surface area contributed by atoms with Crippen LogP contribution in [-0.2, 0) is 0 Å². The molecule has 2 fully saturated rings. The number of aliphatic hydroxyl groups is 1. The van der Waals surface area contributed by atoms with Gasteiger partial charge in [-0.3, -0.25) is 0 Å². The maximum Gasteiger partial charge on any atom is 0.0684 e. The second-order valence-corrected chi connectivity index (χ2v) is 8.03. The van der Waals surface area contributed by atoms with Crippen molar-refractivity contribution < 1.29 is 5.11 Å². The lowest BCUT2D eigenvalue weighted by atomic mass is 9.85. The van der Waals surface area contributed by atoms with Gasteiger partial charge in [-0.05, 0) is 70.9 Å². The highest BCUT2D eigenvalue weighted by atomic mass is 16.3. The summed E-state index contributed by atoms with van der Waals surface area (Å²) in [6.07, 6.45) is 5.56. The summed E-state index contributed by atoms with van der Waals surface area (Å²) in [6, 6.07) is 0.615. The topological polar surface area (TPSA) is 26.7 Å². The van der Waals surface area contributed by atoms with E-state index in [2.05, 4.69) is 37.5 Å². The number of piperidine rings is 2. The molecule has 1 N–H and O–H groups in total. The van der Waals surface area contributed by atoms with E-state index in [-0.39, 0.29) is 0 Å². The molecule has 2 heterocycles. The van der Waals surface area contributed by atoms with Crippen molar-refractivity contribution in [1.82, 2.24) is 9.80 Å². The molecule has 2 aliphatic rings. The molecule has 0 aromatic carbocycles. The van der Waals surface area contributed by atoms with E-state index >= 15 is 0 Å². The second kappa shape index (κ2) is 7.43. The molecule has 2 rings (SSSR count). The summed E-state index contributed by atoms with van der Waals surface area (Å²) in [5.74, 6) is 1.75. The molecule has 0 atom stereocenters. The molecular formula is C18H36N2O. The van der Waals surface area contributed by atoms with Gasteiger partial charge in [-0.15, -0.1) is 0 Å². The largest absolute Gasteiger partial charge is 0.390 e. The Bertz CT molecular complexity index is 300. The monoisotopic (exact) mass is 296 g/mol. The summed E-state index contributed by atoms with van der Waals surface area (Å²) < 4.78 is 0. The van der Waals surface area contributed by atoms with Crippen molar-refractivity contribution in [2.24, 2.45) is 11.8 Å². The molecule has 0 amide bonds. The Balaban J connectivity index is 1.69. The molecule has 0 saturated carbocycles. The lowest BCUT2D eigenvalue weighted by Gasteiger charge is -2.41. The molecule has 0 spiro atoms. The van der Waals surface area contributed by atoms with Crippen LogP contribution in [0.1, 0.15) is 59.8 Å². The molecule has 0 aromatic rings. The summed E-state index contributed by atoms with van der Waals surface area (Å²) in [6.45, 7) is 14.9. The van der Waals surface area contributed by atoms with Crippen LogP contribution in [0.5, 0.6) is 0 Å². The summed E-state index contributed by atoms with van der Waals surface area (Å²) in [5, 5.41) is 10.8. The lowest BCUT2D eigenvalue weighted by molar-refractivity contribution is -0.0409. The first-order valence-corrected chi connectivity index (χ1v) is 9.08.